The van der Waals surface area contributed by atoms with E-state index in [1.165, 1.54) is 18.7 Å². The van der Waals surface area contributed by atoms with Crippen LogP contribution in [0.4, 0.5) is 5.69 Å². The minimum Gasteiger partial charge on any atom is -0.465 e. The fraction of sp³-hybridized carbons (Fsp3) is 0.154. The Morgan fingerprint density at radius 2 is 1.69 bits per heavy atom. The van der Waals surface area contributed by atoms with Crippen LogP contribution in [0.1, 0.15) is 39.2 Å². The number of aromatic nitrogens is 2. The number of carbonyl (C=O) groups excluding carboxylic acids is 3. The first kappa shape index (κ1) is 24.0. The number of aryl methyl sites for hydroxylation is 1. The molecule has 2 amide bonds. The Morgan fingerprint density at radius 3 is 2.34 bits per heavy atom. The molecule has 0 fully saturated rings. The first-order valence-electron chi connectivity index (χ1n) is 10.9. The van der Waals surface area contributed by atoms with Gasteiger partial charge in [-0.3, -0.25) is 19.0 Å². The van der Waals surface area contributed by atoms with Crippen molar-refractivity contribution in [2.24, 2.45) is 0 Å². The number of amides is 2. The lowest BCUT2D eigenvalue weighted by atomic mass is 10.1. The highest BCUT2D eigenvalue weighted by atomic mass is 32.2. The van der Waals surface area contributed by atoms with Crippen molar-refractivity contribution >= 4 is 35.0 Å². The standard InChI is InChI=1S/C26H24N4O4S/c1-17-3-12-23(34-17)15-28-25(33)20-6-10-22(11-7-20)30-14-13-27-26(30)35-16-24(32)29-21-8-4-19(5-9-21)18(2)31/h3-14H,15-16H2,1-2H3,(H,28,33)(H,29,32). The molecule has 0 radical (unpaired) electrons. The summed E-state index contributed by atoms with van der Waals surface area (Å²) in [5.74, 6) is 1.26. The summed E-state index contributed by atoms with van der Waals surface area (Å²) in [6.07, 6.45) is 3.46. The van der Waals surface area contributed by atoms with Gasteiger partial charge in [-0.15, -0.1) is 0 Å². The monoisotopic (exact) mass is 488 g/mol. The first-order valence-corrected chi connectivity index (χ1v) is 11.9. The van der Waals surface area contributed by atoms with Crippen LogP contribution < -0.4 is 10.6 Å². The normalized spacial score (nSPS) is 10.7. The van der Waals surface area contributed by atoms with E-state index in [9.17, 15) is 14.4 Å². The van der Waals surface area contributed by atoms with Crippen molar-refractivity contribution in [1.29, 1.82) is 0 Å². The minimum absolute atomic E-state index is 0.0251. The van der Waals surface area contributed by atoms with Gasteiger partial charge in [0.2, 0.25) is 5.91 Å². The molecule has 0 saturated heterocycles. The van der Waals surface area contributed by atoms with E-state index in [2.05, 4.69) is 15.6 Å². The van der Waals surface area contributed by atoms with Crippen LogP contribution in [0.2, 0.25) is 0 Å². The number of nitrogens with zero attached hydrogens (tertiary/aromatic N) is 2. The molecule has 35 heavy (non-hydrogen) atoms. The van der Waals surface area contributed by atoms with Crippen molar-refractivity contribution < 1.29 is 18.8 Å². The summed E-state index contributed by atoms with van der Waals surface area (Å²) in [5.41, 5.74) is 2.57. The summed E-state index contributed by atoms with van der Waals surface area (Å²) in [5, 5.41) is 6.30. The van der Waals surface area contributed by atoms with E-state index in [4.69, 9.17) is 4.42 Å². The van der Waals surface area contributed by atoms with Gasteiger partial charge in [0.25, 0.3) is 5.91 Å². The summed E-state index contributed by atoms with van der Waals surface area (Å²) in [6.45, 7) is 3.67. The van der Waals surface area contributed by atoms with Gasteiger partial charge in [-0.2, -0.15) is 0 Å². The van der Waals surface area contributed by atoms with E-state index in [0.717, 1.165) is 11.4 Å². The van der Waals surface area contributed by atoms with Gasteiger partial charge in [0.1, 0.15) is 11.5 Å². The van der Waals surface area contributed by atoms with Crippen molar-refractivity contribution in [3.8, 4) is 5.69 Å². The zero-order valence-electron chi connectivity index (χ0n) is 19.3. The molecule has 4 aromatic rings. The number of anilines is 1. The Hall–Kier alpha value is -4.11. The number of Topliss-reactive ketones (excluding diaryl/α,β-unsaturated/α-hetero) is 1. The van der Waals surface area contributed by atoms with Gasteiger partial charge in [-0.25, -0.2) is 4.98 Å². The van der Waals surface area contributed by atoms with Crippen LogP contribution in [0.3, 0.4) is 0 Å². The molecule has 4 rings (SSSR count). The van der Waals surface area contributed by atoms with Gasteiger partial charge >= 0.3 is 0 Å². The van der Waals surface area contributed by atoms with E-state index < -0.39 is 0 Å². The molecule has 2 N–H and O–H groups in total. The number of hydrogen-bond acceptors (Lipinski definition) is 6. The molecule has 0 unspecified atom stereocenters. The average Bonchev–Trinajstić information content (AvgIpc) is 3.50. The quantitative estimate of drug-likeness (QED) is 0.263. The van der Waals surface area contributed by atoms with Crippen molar-refractivity contribution in [2.45, 2.75) is 25.5 Å². The SMILES string of the molecule is CC(=O)c1ccc(NC(=O)CSc2nccn2-c2ccc(C(=O)NCc3ccc(C)o3)cc2)cc1. The average molecular weight is 489 g/mol. The van der Waals surface area contributed by atoms with Gasteiger partial charge in [-0.05, 0) is 74.5 Å². The molecular weight excluding hydrogens is 464 g/mol. The highest BCUT2D eigenvalue weighted by Crippen LogP contribution is 2.21. The zero-order valence-corrected chi connectivity index (χ0v) is 20.1. The lowest BCUT2D eigenvalue weighted by molar-refractivity contribution is -0.113. The van der Waals surface area contributed by atoms with Gasteiger partial charge in [0, 0.05) is 34.9 Å². The van der Waals surface area contributed by atoms with Gasteiger partial charge in [-0.1, -0.05) is 11.8 Å². The molecule has 0 atom stereocenters. The molecule has 0 saturated carbocycles. The molecule has 0 aliphatic carbocycles. The Balaban J connectivity index is 1.33. The maximum absolute atomic E-state index is 12.4. The van der Waals surface area contributed by atoms with Crippen LogP contribution in [0.15, 0.2) is 82.6 Å². The van der Waals surface area contributed by atoms with E-state index in [-0.39, 0.29) is 23.4 Å². The number of furan rings is 1. The first-order chi connectivity index (χ1) is 16.9. The predicted molar refractivity (Wildman–Crippen MR) is 134 cm³/mol. The number of ketones is 1. The molecule has 2 heterocycles. The van der Waals surface area contributed by atoms with Crippen LogP contribution >= 0.6 is 11.8 Å². The van der Waals surface area contributed by atoms with Crippen LogP contribution in [0, 0.1) is 6.92 Å². The highest BCUT2D eigenvalue weighted by Gasteiger charge is 2.12. The van der Waals surface area contributed by atoms with Crippen LogP contribution in [-0.2, 0) is 11.3 Å². The summed E-state index contributed by atoms with van der Waals surface area (Å²) in [6, 6.07) is 17.6. The molecule has 178 valence electrons. The van der Waals surface area contributed by atoms with Crippen LogP contribution in [0.25, 0.3) is 5.69 Å². The second-order valence-corrected chi connectivity index (χ2v) is 8.73. The van der Waals surface area contributed by atoms with Crippen molar-refractivity contribution in [2.75, 3.05) is 11.1 Å². The Kier molecular flexibility index (Phi) is 7.47. The number of hydrogen-bond donors (Lipinski definition) is 2. The van der Waals surface area contributed by atoms with E-state index in [1.807, 2.05) is 35.8 Å². The molecule has 2 aromatic heterocycles. The third kappa shape index (κ3) is 6.27. The fourth-order valence-electron chi connectivity index (χ4n) is 3.33. The van der Waals surface area contributed by atoms with Crippen LogP contribution in [0.5, 0.6) is 0 Å². The molecule has 0 bridgehead atoms. The number of rotatable bonds is 9. The number of carbonyl (C=O) groups is 3. The van der Waals surface area contributed by atoms with Gasteiger partial charge < -0.3 is 15.1 Å². The molecule has 0 aliphatic rings. The topological polar surface area (TPSA) is 106 Å². The number of benzene rings is 2. The van der Waals surface area contributed by atoms with E-state index >= 15 is 0 Å². The number of imidazole rings is 1. The van der Waals surface area contributed by atoms with Crippen molar-refractivity contribution in [3.63, 3.8) is 0 Å². The third-order valence-corrected chi connectivity index (χ3v) is 6.11. The second kappa shape index (κ2) is 10.9. The largest absolute Gasteiger partial charge is 0.465 e. The molecule has 0 spiro atoms. The molecular formula is C26H24N4O4S. The van der Waals surface area contributed by atoms with E-state index in [0.29, 0.717) is 34.3 Å². The summed E-state index contributed by atoms with van der Waals surface area (Å²) in [7, 11) is 0. The lowest BCUT2D eigenvalue weighted by Crippen LogP contribution is -2.22. The summed E-state index contributed by atoms with van der Waals surface area (Å²) in [4.78, 5) is 40.5. The minimum atomic E-state index is -0.196. The number of nitrogens with one attached hydrogen (secondary N) is 2. The smallest absolute Gasteiger partial charge is 0.251 e. The highest BCUT2D eigenvalue weighted by molar-refractivity contribution is 7.99. The Labute approximate surface area is 206 Å². The van der Waals surface area contributed by atoms with Crippen LogP contribution in [-0.4, -0.2) is 32.9 Å². The Morgan fingerprint density at radius 1 is 0.971 bits per heavy atom. The number of thioether (sulfide) groups is 1. The second-order valence-electron chi connectivity index (χ2n) is 7.79. The fourth-order valence-corrected chi connectivity index (χ4v) is 4.10. The summed E-state index contributed by atoms with van der Waals surface area (Å²) >= 11 is 1.30. The van der Waals surface area contributed by atoms with Gasteiger partial charge in [0.05, 0.1) is 12.3 Å². The van der Waals surface area contributed by atoms with E-state index in [1.54, 1.807) is 48.8 Å². The zero-order chi connectivity index (χ0) is 24.8. The third-order valence-electron chi connectivity index (χ3n) is 5.14. The summed E-state index contributed by atoms with van der Waals surface area (Å²) < 4.78 is 7.32. The maximum Gasteiger partial charge on any atom is 0.251 e. The van der Waals surface area contributed by atoms with Gasteiger partial charge in [0.15, 0.2) is 10.9 Å². The lowest BCUT2D eigenvalue weighted by Gasteiger charge is -2.09. The Bertz CT molecular complexity index is 1340. The molecule has 0 aliphatic heterocycles. The van der Waals surface area contributed by atoms with Crippen molar-refractivity contribution in [1.82, 2.24) is 14.9 Å². The molecule has 2 aromatic carbocycles. The molecule has 9 heteroatoms. The predicted octanol–water partition coefficient (Wildman–Crippen LogP) is 4.64. The van der Waals surface area contributed by atoms with Crippen molar-refractivity contribution in [3.05, 3.63) is 95.7 Å². The molecule has 8 nitrogen and oxygen atoms in total. The maximum atomic E-state index is 12.4.